The van der Waals surface area contributed by atoms with Gasteiger partial charge in [-0.2, -0.15) is 12.6 Å². The third-order valence-electron chi connectivity index (χ3n) is 3.47. The molecule has 1 heteroatoms. The van der Waals surface area contributed by atoms with E-state index in [1.54, 1.807) is 0 Å². The molecule has 0 saturated heterocycles. The molecule has 0 N–H and O–H groups in total. The number of thiol groups is 1. The molecule has 0 aliphatic heterocycles. The lowest BCUT2D eigenvalue weighted by molar-refractivity contribution is 0.477. The zero-order chi connectivity index (χ0) is 12.3. The standard InChI is InChI=1S/C16H20S/c1-12-5-3-7-15(9-12)16-8-4-6-14(10-16)13(2)11-17/h3-5,7-10,13-14,17H,6,11H2,1-2H3. The normalized spacial score (nSPS) is 21.1. The van der Waals surface area contributed by atoms with Crippen molar-refractivity contribution in [1.29, 1.82) is 0 Å². The smallest absolute Gasteiger partial charge is 0.00664 e. The summed E-state index contributed by atoms with van der Waals surface area (Å²) < 4.78 is 0. The average Bonchev–Trinajstić information content (AvgIpc) is 2.38. The predicted octanol–water partition coefficient (Wildman–Crippen LogP) is 4.52. The SMILES string of the molecule is Cc1cccc(C2=CC(C(C)CS)CC=C2)c1. The van der Waals surface area contributed by atoms with Crippen molar-refractivity contribution in [2.45, 2.75) is 20.3 Å². The van der Waals surface area contributed by atoms with Crippen LogP contribution in [0.1, 0.15) is 24.5 Å². The zero-order valence-corrected chi connectivity index (χ0v) is 11.5. The van der Waals surface area contributed by atoms with E-state index in [2.05, 4.69) is 69.0 Å². The number of benzene rings is 1. The van der Waals surface area contributed by atoms with E-state index in [0.29, 0.717) is 11.8 Å². The summed E-state index contributed by atoms with van der Waals surface area (Å²) in [5.74, 6) is 2.23. The summed E-state index contributed by atoms with van der Waals surface area (Å²) in [6.45, 7) is 4.42. The quantitative estimate of drug-likeness (QED) is 0.743. The number of aryl methyl sites for hydroxylation is 1. The summed E-state index contributed by atoms with van der Waals surface area (Å²) in [7, 11) is 0. The molecule has 1 aromatic carbocycles. The Balaban J connectivity index is 2.26. The molecule has 0 heterocycles. The van der Waals surface area contributed by atoms with Crippen molar-refractivity contribution in [2.75, 3.05) is 5.75 Å². The van der Waals surface area contributed by atoms with Crippen LogP contribution in [0.15, 0.2) is 42.5 Å². The van der Waals surface area contributed by atoms with Gasteiger partial charge in [0.25, 0.3) is 0 Å². The van der Waals surface area contributed by atoms with Crippen LogP contribution in [0.5, 0.6) is 0 Å². The third kappa shape index (κ3) is 3.04. The molecule has 2 unspecified atom stereocenters. The van der Waals surface area contributed by atoms with Gasteiger partial charge in [0, 0.05) is 0 Å². The van der Waals surface area contributed by atoms with Gasteiger partial charge in [0.05, 0.1) is 0 Å². The summed E-state index contributed by atoms with van der Waals surface area (Å²) in [5.41, 5.74) is 4.01. The van der Waals surface area contributed by atoms with Crippen LogP contribution in [-0.2, 0) is 0 Å². The lowest BCUT2D eigenvalue weighted by atomic mass is 9.85. The molecular weight excluding hydrogens is 224 g/mol. The molecule has 0 fully saturated rings. The Morgan fingerprint density at radius 1 is 1.41 bits per heavy atom. The highest BCUT2D eigenvalue weighted by Crippen LogP contribution is 2.29. The first-order chi connectivity index (χ1) is 8.20. The molecule has 1 aliphatic carbocycles. The fourth-order valence-electron chi connectivity index (χ4n) is 2.26. The summed E-state index contributed by atoms with van der Waals surface area (Å²) in [6, 6.07) is 8.72. The molecule has 0 spiro atoms. The average molecular weight is 244 g/mol. The first kappa shape index (κ1) is 12.5. The van der Waals surface area contributed by atoms with E-state index in [0.717, 1.165) is 12.2 Å². The highest BCUT2D eigenvalue weighted by molar-refractivity contribution is 7.80. The van der Waals surface area contributed by atoms with Crippen molar-refractivity contribution in [3.8, 4) is 0 Å². The van der Waals surface area contributed by atoms with E-state index >= 15 is 0 Å². The van der Waals surface area contributed by atoms with Crippen molar-refractivity contribution in [3.05, 3.63) is 53.6 Å². The summed E-state index contributed by atoms with van der Waals surface area (Å²) in [5, 5.41) is 0. The molecule has 90 valence electrons. The maximum absolute atomic E-state index is 4.41. The Labute approximate surface area is 110 Å². The van der Waals surface area contributed by atoms with Gasteiger partial charge in [-0.05, 0) is 42.1 Å². The van der Waals surface area contributed by atoms with Crippen molar-refractivity contribution in [1.82, 2.24) is 0 Å². The van der Waals surface area contributed by atoms with Gasteiger partial charge in [-0.15, -0.1) is 0 Å². The summed E-state index contributed by atoms with van der Waals surface area (Å²) in [6.07, 6.45) is 8.10. The van der Waals surface area contributed by atoms with Crippen molar-refractivity contribution >= 4 is 18.2 Å². The molecule has 0 aromatic heterocycles. The molecule has 17 heavy (non-hydrogen) atoms. The van der Waals surface area contributed by atoms with E-state index in [4.69, 9.17) is 0 Å². The molecule has 0 nitrogen and oxygen atoms in total. The minimum atomic E-state index is 0.632. The second-order valence-electron chi connectivity index (χ2n) is 4.95. The lowest BCUT2D eigenvalue weighted by Gasteiger charge is -2.22. The molecule has 0 amide bonds. The Morgan fingerprint density at radius 2 is 2.24 bits per heavy atom. The Hall–Kier alpha value is -0.950. The zero-order valence-electron chi connectivity index (χ0n) is 10.6. The first-order valence-corrected chi connectivity index (χ1v) is 6.90. The second-order valence-corrected chi connectivity index (χ2v) is 5.32. The van der Waals surface area contributed by atoms with Gasteiger partial charge in [0.1, 0.15) is 0 Å². The molecule has 2 atom stereocenters. The molecule has 1 aromatic rings. The fraction of sp³-hybridized carbons (Fsp3) is 0.375. The van der Waals surface area contributed by atoms with E-state index < -0.39 is 0 Å². The van der Waals surface area contributed by atoms with Gasteiger partial charge in [-0.1, -0.05) is 55.0 Å². The summed E-state index contributed by atoms with van der Waals surface area (Å²) >= 11 is 4.41. The molecule has 0 radical (unpaired) electrons. The minimum Gasteiger partial charge on any atom is -0.179 e. The van der Waals surface area contributed by atoms with Crippen LogP contribution in [0.2, 0.25) is 0 Å². The van der Waals surface area contributed by atoms with Crippen LogP contribution in [0.25, 0.3) is 5.57 Å². The number of hydrogen-bond acceptors (Lipinski definition) is 1. The highest BCUT2D eigenvalue weighted by Gasteiger charge is 2.16. The van der Waals surface area contributed by atoms with Crippen molar-refractivity contribution in [3.63, 3.8) is 0 Å². The Kier molecular flexibility index (Phi) is 4.11. The van der Waals surface area contributed by atoms with E-state index in [9.17, 15) is 0 Å². The van der Waals surface area contributed by atoms with E-state index in [1.807, 2.05) is 0 Å². The van der Waals surface area contributed by atoms with Crippen LogP contribution in [0, 0.1) is 18.8 Å². The van der Waals surface area contributed by atoms with Gasteiger partial charge < -0.3 is 0 Å². The Bertz CT molecular complexity index is 443. The van der Waals surface area contributed by atoms with Gasteiger partial charge in [-0.25, -0.2) is 0 Å². The van der Waals surface area contributed by atoms with Gasteiger partial charge in [-0.3, -0.25) is 0 Å². The van der Waals surface area contributed by atoms with Crippen LogP contribution in [0.4, 0.5) is 0 Å². The molecule has 0 bridgehead atoms. The largest absolute Gasteiger partial charge is 0.179 e. The third-order valence-corrected chi connectivity index (χ3v) is 4.05. The maximum atomic E-state index is 4.41. The highest BCUT2D eigenvalue weighted by atomic mass is 32.1. The topological polar surface area (TPSA) is 0 Å². The number of allylic oxidation sites excluding steroid dienone is 4. The fourth-order valence-corrected chi connectivity index (χ4v) is 2.53. The second kappa shape index (κ2) is 5.59. The van der Waals surface area contributed by atoms with Crippen LogP contribution >= 0.6 is 12.6 Å². The lowest BCUT2D eigenvalue weighted by Crippen LogP contribution is -2.12. The predicted molar refractivity (Wildman–Crippen MR) is 79.4 cm³/mol. The van der Waals surface area contributed by atoms with Crippen molar-refractivity contribution in [2.24, 2.45) is 11.8 Å². The molecule has 0 saturated carbocycles. The van der Waals surface area contributed by atoms with Crippen LogP contribution < -0.4 is 0 Å². The van der Waals surface area contributed by atoms with Gasteiger partial charge in [0.2, 0.25) is 0 Å². The van der Waals surface area contributed by atoms with E-state index in [1.165, 1.54) is 16.7 Å². The molecular formula is C16H20S. The number of rotatable bonds is 3. The van der Waals surface area contributed by atoms with Crippen LogP contribution in [-0.4, -0.2) is 5.75 Å². The van der Waals surface area contributed by atoms with Crippen molar-refractivity contribution < 1.29 is 0 Å². The minimum absolute atomic E-state index is 0.632. The van der Waals surface area contributed by atoms with Gasteiger partial charge >= 0.3 is 0 Å². The van der Waals surface area contributed by atoms with Gasteiger partial charge in [0.15, 0.2) is 0 Å². The Morgan fingerprint density at radius 3 is 2.94 bits per heavy atom. The van der Waals surface area contributed by atoms with E-state index in [-0.39, 0.29) is 0 Å². The van der Waals surface area contributed by atoms with Crippen LogP contribution in [0.3, 0.4) is 0 Å². The maximum Gasteiger partial charge on any atom is -0.00664 e. The monoisotopic (exact) mass is 244 g/mol. The number of hydrogen-bond donors (Lipinski definition) is 1. The molecule has 1 aliphatic rings. The summed E-state index contributed by atoms with van der Waals surface area (Å²) in [4.78, 5) is 0. The molecule has 2 rings (SSSR count). The first-order valence-electron chi connectivity index (χ1n) is 6.27.